The van der Waals surface area contributed by atoms with E-state index in [1.165, 1.54) is 0 Å². The molecule has 0 radical (unpaired) electrons. The van der Waals surface area contributed by atoms with Crippen molar-refractivity contribution in [1.82, 2.24) is 19.5 Å². The highest BCUT2D eigenvalue weighted by atomic mass is 15.1. The zero-order valence-electron chi connectivity index (χ0n) is 13.3. The topological polar surface area (TPSA) is 55.6 Å². The maximum absolute atomic E-state index is 4.57. The average molecular weight is 315 g/mol. The second kappa shape index (κ2) is 6.12. The van der Waals surface area contributed by atoms with Gasteiger partial charge in [0.1, 0.15) is 12.1 Å². The minimum absolute atomic E-state index is 0.713. The van der Waals surface area contributed by atoms with Crippen molar-refractivity contribution in [3.05, 3.63) is 78.6 Å². The van der Waals surface area contributed by atoms with Gasteiger partial charge in [-0.05, 0) is 30.7 Å². The number of para-hydroxylation sites is 1. The van der Waals surface area contributed by atoms with Crippen LogP contribution in [0.25, 0.3) is 16.7 Å². The lowest BCUT2D eigenvalue weighted by Crippen LogP contribution is -2.03. The molecule has 0 saturated carbocycles. The van der Waals surface area contributed by atoms with Crippen molar-refractivity contribution in [3.8, 4) is 5.82 Å². The number of aryl methyl sites for hydroxylation is 1. The van der Waals surface area contributed by atoms with E-state index in [0.29, 0.717) is 6.54 Å². The van der Waals surface area contributed by atoms with Crippen LogP contribution in [-0.2, 0) is 6.54 Å². The highest BCUT2D eigenvalue weighted by Gasteiger charge is 2.04. The molecule has 118 valence electrons. The molecule has 0 aliphatic heterocycles. The van der Waals surface area contributed by atoms with E-state index in [4.69, 9.17) is 0 Å². The molecule has 0 bridgehead atoms. The summed E-state index contributed by atoms with van der Waals surface area (Å²) in [7, 11) is 0. The number of fused-ring (bicyclic) bond motifs is 1. The van der Waals surface area contributed by atoms with Crippen molar-refractivity contribution in [2.45, 2.75) is 13.5 Å². The Labute approximate surface area is 140 Å². The normalized spacial score (nSPS) is 10.9. The van der Waals surface area contributed by atoms with Crippen LogP contribution in [0, 0.1) is 6.92 Å². The monoisotopic (exact) mass is 315 g/mol. The predicted octanol–water partition coefficient (Wildman–Crippen LogP) is 3.74. The van der Waals surface area contributed by atoms with Crippen LogP contribution in [0.3, 0.4) is 0 Å². The third kappa shape index (κ3) is 2.84. The molecule has 0 spiro atoms. The molecular formula is C19H17N5. The van der Waals surface area contributed by atoms with Crippen LogP contribution in [0.5, 0.6) is 0 Å². The van der Waals surface area contributed by atoms with Gasteiger partial charge in [0.15, 0.2) is 0 Å². The average Bonchev–Trinajstić information content (AvgIpc) is 3.14. The van der Waals surface area contributed by atoms with Crippen LogP contribution in [-0.4, -0.2) is 19.5 Å². The Morgan fingerprint density at radius 1 is 1.12 bits per heavy atom. The van der Waals surface area contributed by atoms with Gasteiger partial charge in [-0.15, -0.1) is 0 Å². The van der Waals surface area contributed by atoms with E-state index in [9.17, 15) is 0 Å². The number of anilines is 1. The third-order valence-corrected chi connectivity index (χ3v) is 3.91. The van der Waals surface area contributed by atoms with E-state index in [2.05, 4.69) is 38.5 Å². The van der Waals surface area contributed by atoms with E-state index in [0.717, 1.165) is 33.7 Å². The fourth-order valence-corrected chi connectivity index (χ4v) is 2.72. The quantitative estimate of drug-likeness (QED) is 0.623. The molecule has 0 saturated heterocycles. The van der Waals surface area contributed by atoms with E-state index in [1.807, 2.05) is 48.1 Å². The lowest BCUT2D eigenvalue weighted by Gasteiger charge is -2.11. The highest BCUT2D eigenvalue weighted by molar-refractivity contribution is 5.91. The molecule has 3 heterocycles. The number of imidazole rings is 1. The number of nitrogens with one attached hydrogen (secondary N) is 1. The van der Waals surface area contributed by atoms with E-state index in [-0.39, 0.29) is 0 Å². The highest BCUT2D eigenvalue weighted by Crippen LogP contribution is 2.23. The first-order chi connectivity index (χ1) is 11.8. The van der Waals surface area contributed by atoms with Crippen LogP contribution in [0.2, 0.25) is 0 Å². The number of hydrogen-bond donors (Lipinski definition) is 1. The molecule has 4 rings (SSSR count). The first-order valence-electron chi connectivity index (χ1n) is 7.83. The molecule has 0 amide bonds. The molecule has 0 aliphatic carbocycles. The Kier molecular flexibility index (Phi) is 3.67. The van der Waals surface area contributed by atoms with Crippen molar-refractivity contribution in [3.63, 3.8) is 0 Å². The smallest absolute Gasteiger partial charge is 0.137 e. The van der Waals surface area contributed by atoms with Crippen molar-refractivity contribution < 1.29 is 0 Å². The summed E-state index contributed by atoms with van der Waals surface area (Å²) >= 11 is 0. The molecule has 0 atom stereocenters. The van der Waals surface area contributed by atoms with Gasteiger partial charge in [0.05, 0.1) is 5.52 Å². The number of hydrogen-bond acceptors (Lipinski definition) is 4. The zero-order valence-corrected chi connectivity index (χ0v) is 13.3. The molecule has 0 fully saturated rings. The summed E-state index contributed by atoms with van der Waals surface area (Å²) in [5, 5.41) is 4.63. The summed E-state index contributed by atoms with van der Waals surface area (Å²) in [5.41, 5.74) is 4.23. The maximum Gasteiger partial charge on any atom is 0.137 e. The standard InChI is InChI=1S/C19H17N5/c1-14-10-18(16-4-2-3-5-17(16)23-14)21-11-15-6-7-19(22-12-15)24-9-8-20-13-24/h2-10,12-13H,11H2,1H3,(H,21,23). The Morgan fingerprint density at radius 2 is 2.04 bits per heavy atom. The summed E-state index contributed by atoms with van der Waals surface area (Å²) in [6.45, 7) is 2.73. The summed E-state index contributed by atoms with van der Waals surface area (Å²) in [6.07, 6.45) is 7.25. The Hall–Kier alpha value is -3.21. The van der Waals surface area contributed by atoms with Gasteiger partial charge in [0.2, 0.25) is 0 Å². The summed E-state index contributed by atoms with van der Waals surface area (Å²) in [6, 6.07) is 14.3. The largest absolute Gasteiger partial charge is 0.380 e. The second-order valence-electron chi connectivity index (χ2n) is 5.68. The molecule has 1 aromatic carbocycles. The van der Waals surface area contributed by atoms with Gasteiger partial charge in [-0.1, -0.05) is 24.3 Å². The molecule has 5 nitrogen and oxygen atoms in total. The van der Waals surface area contributed by atoms with Gasteiger partial charge < -0.3 is 5.32 Å². The zero-order chi connectivity index (χ0) is 16.4. The molecule has 5 heteroatoms. The lowest BCUT2D eigenvalue weighted by atomic mass is 10.1. The van der Waals surface area contributed by atoms with Crippen molar-refractivity contribution >= 4 is 16.6 Å². The van der Waals surface area contributed by atoms with Crippen LogP contribution in [0.4, 0.5) is 5.69 Å². The Morgan fingerprint density at radius 3 is 2.83 bits per heavy atom. The van der Waals surface area contributed by atoms with Gasteiger partial charge in [-0.2, -0.15) is 0 Å². The van der Waals surface area contributed by atoms with Gasteiger partial charge in [0, 0.05) is 41.9 Å². The minimum Gasteiger partial charge on any atom is -0.380 e. The third-order valence-electron chi connectivity index (χ3n) is 3.91. The Balaban J connectivity index is 1.55. The number of pyridine rings is 2. The number of nitrogens with zero attached hydrogens (tertiary/aromatic N) is 4. The molecule has 24 heavy (non-hydrogen) atoms. The molecule has 4 aromatic rings. The molecular weight excluding hydrogens is 298 g/mol. The minimum atomic E-state index is 0.713. The molecule has 0 aliphatic rings. The van der Waals surface area contributed by atoms with Crippen LogP contribution in [0.1, 0.15) is 11.3 Å². The number of rotatable bonds is 4. The second-order valence-corrected chi connectivity index (χ2v) is 5.68. The summed E-state index contributed by atoms with van der Waals surface area (Å²) in [4.78, 5) is 13.1. The van der Waals surface area contributed by atoms with Gasteiger partial charge in [0.25, 0.3) is 0 Å². The van der Waals surface area contributed by atoms with Crippen molar-refractivity contribution in [1.29, 1.82) is 0 Å². The lowest BCUT2D eigenvalue weighted by molar-refractivity contribution is 0.978. The van der Waals surface area contributed by atoms with Gasteiger partial charge in [-0.25, -0.2) is 9.97 Å². The fraction of sp³-hybridized carbons (Fsp3) is 0.105. The summed E-state index contributed by atoms with van der Waals surface area (Å²) in [5.74, 6) is 0.862. The van der Waals surface area contributed by atoms with Crippen molar-refractivity contribution in [2.24, 2.45) is 0 Å². The van der Waals surface area contributed by atoms with Gasteiger partial charge >= 0.3 is 0 Å². The van der Waals surface area contributed by atoms with Crippen LogP contribution < -0.4 is 5.32 Å². The van der Waals surface area contributed by atoms with E-state index < -0.39 is 0 Å². The SMILES string of the molecule is Cc1cc(NCc2ccc(-n3ccnc3)nc2)c2ccccc2n1. The summed E-state index contributed by atoms with van der Waals surface area (Å²) < 4.78 is 1.89. The van der Waals surface area contributed by atoms with Crippen molar-refractivity contribution in [2.75, 3.05) is 5.32 Å². The number of aromatic nitrogens is 4. The van der Waals surface area contributed by atoms with E-state index in [1.54, 1.807) is 12.5 Å². The van der Waals surface area contributed by atoms with E-state index >= 15 is 0 Å². The maximum atomic E-state index is 4.57. The predicted molar refractivity (Wildman–Crippen MR) is 95.2 cm³/mol. The molecule has 1 N–H and O–H groups in total. The van der Waals surface area contributed by atoms with Crippen LogP contribution >= 0.6 is 0 Å². The van der Waals surface area contributed by atoms with Gasteiger partial charge in [-0.3, -0.25) is 9.55 Å². The molecule has 0 unspecified atom stereocenters. The fourth-order valence-electron chi connectivity index (χ4n) is 2.72. The van der Waals surface area contributed by atoms with Crippen LogP contribution in [0.15, 0.2) is 67.4 Å². The Bertz CT molecular complexity index is 959. The molecule has 3 aromatic heterocycles. The first-order valence-corrected chi connectivity index (χ1v) is 7.83. The number of benzene rings is 1. The first kappa shape index (κ1) is 14.4.